The van der Waals surface area contributed by atoms with E-state index < -0.39 is 19.0 Å². The smallest absolute Gasteiger partial charge is 0.333 e. The number of thiophene rings is 1. The van der Waals surface area contributed by atoms with E-state index in [0.29, 0.717) is 0 Å². The highest BCUT2D eigenvalue weighted by molar-refractivity contribution is 7.25. The van der Waals surface area contributed by atoms with Crippen molar-refractivity contribution in [3.05, 3.63) is 60.7 Å². The summed E-state index contributed by atoms with van der Waals surface area (Å²) in [5.74, 6) is -0.777. The number of halogens is 2. The lowest BCUT2D eigenvalue weighted by molar-refractivity contribution is -0.142. The second-order valence-corrected chi connectivity index (χ2v) is 6.10. The van der Waals surface area contributed by atoms with Crippen LogP contribution in [0.5, 0.6) is 0 Å². The fraction of sp³-hybridized carbons (Fsp3) is 0.167. The number of esters is 1. The van der Waals surface area contributed by atoms with Crippen molar-refractivity contribution in [1.82, 2.24) is 0 Å². The predicted molar refractivity (Wildman–Crippen MR) is 92.5 cm³/mol. The topological polar surface area (TPSA) is 26.3 Å². The SMILES string of the molecule is C=C(C)C(=O)OCC(F)F.c1ccc2c(c1)[sH+]c1ccccc12. The molecule has 0 radical (unpaired) electrons. The standard InChI is InChI=1S/C12H8S.C6H8F2O2/c1-3-7-11-9(5-1)10-6-2-4-8-12(10)13-11;1-4(2)6(9)10-3-5(7)8/h1-8H;5H,1,3H2,2H3/p+1. The van der Waals surface area contributed by atoms with Gasteiger partial charge < -0.3 is 4.74 Å². The van der Waals surface area contributed by atoms with Crippen LogP contribution in [0, 0.1) is 0 Å². The number of benzene rings is 2. The van der Waals surface area contributed by atoms with Crippen LogP contribution in [0.1, 0.15) is 6.92 Å². The number of hydrogen-bond acceptors (Lipinski definition) is 2. The van der Waals surface area contributed by atoms with Crippen molar-refractivity contribution in [2.45, 2.75) is 13.3 Å². The van der Waals surface area contributed by atoms with E-state index in [9.17, 15) is 13.6 Å². The van der Waals surface area contributed by atoms with Crippen molar-refractivity contribution in [1.29, 1.82) is 0 Å². The van der Waals surface area contributed by atoms with E-state index in [2.05, 4.69) is 59.8 Å². The van der Waals surface area contributed by atoms with Crippen LogP contribution >= 0.6 is 11.3 Å². The molecule has 1 heterocycles. The summed E-state index contributed by atoms with van der Waals surface area (Å²) in [6.07, 6.45) is -2.61. The van der Waals surface area contributed by atoms with Crippen LogP contribution in [-0.4, -0.2) is 19.0 Å². The van der Waals surface area contributed by atoms with Gasteiger partial charge in [0.25, 0.3) is 6.43 Å². The molecule has 0 fully saturated rings. The highest BCUT2D eigenvalue weighted by atomic mass is 32.1. The summed E-state index contributed by atoms with van der Waals surface area (Å²) >= 11 is 1.36. The number of rotatable bonds is 3. The third-order valence-corrected chi connectivity index (χ3v) is 4.29. The van der Waals surface area contributed by atoms with Crippen LogP contribution in [0.15, 0.2) is 60.7 Å². The fourth-order valence-corrected chi connectivity index (χ4v) is 3.20. The van der Waals surface area contributed by atoms with Gasteiger partial charge in [-0.1, -0.05) is 30.8 Å². The molecule has 3 rings (SSSR count). The largest absolute Gasteiger partial charge is 0.456 e. The van der Waals surface area contributed by atoms with Crippen molar-refractivity contribution < 1.29 is 18.3 Å². The van der Waals surface area contributed by atoms with Gasteiger partial charge in [-0.25, -0.2) is 13.6 Å². The van der Waals surface area contributed by atoms with Crippen molar-refractivity contribution >= 4 is 37.5 Å². The first kappa shape index (κ1) is 17.1. The Bertz CT molecular complexity index is 774. The second kappa shape index (κ2) is 7.83. The molecule has 0 unspecified atom stereocenters. The van der Waals surface area contributed by atoms with Gasteiger partial charge in [0.15, 0.2) is 16.0 Å². The van der Waals surface area contributed by atoms with Crippen molar-refractivity contribution in [3.63, 3.8) is 0 Å². The minimum absolute atomic E-state index is 0.126. The summed E-state index contributed by atoms with van der Waals surface area (Å²) < 4.78 is 29.6. The third kappa shape index (κ3) is 4.60. The lowest BCUT2D eigenvalue weighted by Gasteiger charge is -2.01. The summed E-state index contributed by atoms with van der Waals surface area (Å²) in [4.78, 5) is 10.4. The highest BCUT2D eigenvalue weighted by Gasteiger charge is 2.09. The molecule has 5 heteroatoms. The van der Waals surface area contributed by atoms with E-state index in [-0.39, 0.29) is 5.57 Å². The molecule has 0 aliphatic carbocycles. The van der Waals surface area contributed by atoms with Gasteiger partial charge in [-0.3, -0.25) is 0 Å². The molecule has 0 atom stereocenters. The predicted octanol–water partition coefficient (Wildman–Crippen LogP) is 5.16. The van der Waals surface area contributed by atoms with E-state index in [1.807, 2.05) is 0 Å². The van der Waals surface area contributed by atoms with Gasteiger partial charge in [0.05, 0.1) is 0 Å². The Morgan fingerprint density at radius 3 is 2.00 bits per heavy atom. The first-order chi connectivity index (χ1) is 11.0. The summed E-state index contributed by atoms with van der Waals surface area (Å²) in [5.41, 5.74) is 0.126. The number of carbonyl (C=O) groups excluding carboxylic acids is 1. The molecular formula is C18H17F2O2S+. The van der Waals surface area contributed by atoms with Gasteiger partial charge in [-0.05, 0) is 42.5 Å². The first-order valence-electron chi connectivity index (χ1n) is 7.00. The summed E-state index contributed by atoms with van der Waals surface area (Å²) in [6, 6.07) is 17.2. The van der Waals surface area contributed by atoms with Crippen molar-refractivity contribution in [2.75, 3.05) is 6.61 Å². The lowest BCUT2D eigenvalue weighted by Crippen LogP contribution is -2.11. The normalized spacial score (nSPS) is 10.4. The molecule has 0 amide bonds. The Balaban J connectivity index is 0.000000175. The monoisotopic (exact) mass is 335 g/mol. The molecule has 2 nitrogen and oxygen atoms in total. The summed E-state index contributed by atoms with van der Waals surface area (Å²) in [6.45, 7) is 3.75. The van der Waals surface area contributed by atoms with Crippen LogP contribution in [-0.2, 0) is 9.53 Å². The molecule has 0 bridgehead atoms. The molecule has 3 aromatic rings. The van der Waals surface area contributed by atoms with E-state index in [1.54, 1.807) is 0 Å². The molecule has 1 aromatic heterocycles. The summed E-state index contributed by atoms with van der Waals surface area (Å²) in [5, 5.41) is 2.81. The van der Waals surface area contributed by atoms with Crippen LogP contribution < -0.4 is 0 Å². The van der Waals surface area contributed by atoms with Gasteiger partial charge >= 0.3 is 5.97 Å². The van der Waals surface area contributed by atoms with E-state index in [4.69, 9.17) is 0 Å². The Kier molecular flexibility index (Phi) is 5.82. The number of carbonyl (C=O) groups is 1. The summed E-state index contributed by atoms with van der Waals surface area (Å²) in [7, 11) is 0. The minimum Gasteiger partial charge on any atom is -0.456 e. The van der Waals surface area contributed by atoms with Gasteiger partial charge in [-0.15, -0.1) is 0 Å². The van der Waals surface area contributed by atoms with E-state index in [0.717, 1.165) is 0 Å². The first-order valence-corrected chi connectivity index (χ1v) is 7.89. The Morgan fingerprint density at radius 2 is 1.57 bits per heavy atom. The van der Waals surface area contributed by atoms with Gasteiger partial charge in [-0.2, -0.15) is 0 Å². The molecule has 23 heavy (non-hydrogen) atoms. The molecule has 0 spiro atoms. The van der Waals surface area contributed by atoms with E-state index >= 15 is 0 Å². The van der Waals surface area contributed by atoms with Gasteiger partial charge in [0.1, 0.15) is 0 Å². The Morgan fingerprint density at radius 1 is 1.09 bits per heavy atom. The van der Waals surface area contributed by atoms with Crippen molar-refractivity contribution in [3.8, 4) is 0 Å². The maximum absolute atomic E-state index is 11.4. The molecule has 120 valence electrons. The number of ether oxygens (including phenoxy) is 1. The zero-order valence-electron chi connectivity index (χ0n) is 12.6. The van der Waals surface area contributed by atoms with E-state index in [1.165, 1.54) is 38.4 Å². The van der Waals surface area contributed by atoms with Crippen LogP contribution in [0.25, 0.3) is 20.2 Å². The molecule has 0 saturated carbocycles. The Labute approximate surface area is 137 Å². The Hall–Kier alpha value is -2.27. The lowest BCUT2D eigenvalue weighted by atomic mass is 10.2. The number of fused-ring (bicyclic) bond motifs is 3. The number of alkyl halides is 2. The minimum atomic E-state index is -2.61. The third-order valence-electron chi connectivity index (χ3n) is 3.03. The molecule has 0 saturated heterocycles. The zero-order valence-corrected chi connectivity index (χ0v) is 13.5. The zero-order chi connectivity index (χ0) is 16.8. The molecule has 0 aliphatic heterocycles. The second-order valence-electron chi connectivity index (χ2n) is 4.92. The molecule has 0 aliphatic rings. The maximum atomic E-state index is 11.4. The molecule has 2 aromatic carbocycles. The van der Waals surface area contributed by atoms with Crippen molar-refractivity contribution in [2.24, 2.45) is 0 Å². The van der Waals surface area contributed by atoms with Crippen LogP contribution in [0.2, 0.25) is 0 Å². The van der Waals surface area contributed by atoms with Crippen LogP contribution in [0.4, 0.5) is 8.78 Å². The average Bonchev–Trinajstić information content (AvgIpc) is 2.91. The quantitative estimate of drug-likeness (QED) is 0.375. The van der Waals surface area contributed by atoms with Gasteiger partial charge in [0, 0.05) is 16.3 Å². The average molecular weight is 335 g/mol. The highest BCUT2D eigenvalue weighted by Crippen LogP contribution is 2.32. The fourth-order valence-electron chi connectivity index (χ4n) is 1.99. The molecular weight excluding hydrogens is 318 g/mol. The van der Waals surface area contributed by atoms with Gasteiger partial charge in [0.2, 0.25) is 0 Å². The van der Waals surface area contributed by atoms with Crippen LogP contribution in [0.3, 0.4) is 0 Å². The maximum Gasteiger partial charge on any atom is 0.333 e. The molecule has 0 N–H and O–H groups in total. The number of hydrogen-bond donors (Lipinski definition) is 0.